The molecule has 0 atom stereocenters. The van der Waals surface area contributed by atoms with Crippen molar-refractivity contribution in [2.24, 2.45) is 0 Å². The monoisotopic (exact) mass is 113 g/mol. The Morgan fingerprint density at radius 1 is 1.20 bits per heavy atom. The van der Waals surface area contributed by atoms with Crippen LogP contribution in [0.2, 0.25) is 0 Å². The topological polar surface area (TPSA) is 0 Å². The van der Waals surface area contributed by atoms with E-state index in [1.54, 1.807) is 0 Å². The third kappa shape index (κ3) is 39.9. The van der Waals surface area contributed by atoms with Crippen LogP contribution in [-0.4, -0.2) is 18.9 Å². The van der Waals surface area contributed by atoms with Crippen LogP contribution in [0.5, 0.6) is 0 Å². The van der Waals surface area contributed by atoms with Crippen LogP contribution in [0, 0.1) is 6.42 Å². The van der Waals surface area contributed by atoms with Gasteiger partial charge in [-0.1, -0.05) is 0 Å². The zero-order chi connectivity index (χ0) is 2.71. The summed E-state index contributed by atoms with van der Waals surface area (Å²) >= 11 is 0. The van der Waals surface area contributed by atoms with Crippen LogP contribution in [0.1, 0.15) is 13.8 Å². The molecule has 0 N–H and O–H groups in total. The first kappa shape index (κ1) is 16.5. The van der Waals surface area contributed by atoms with E-state index in [2.05, 4.69) is 0 Å². The Balaban J connectivity index is -0.0000000200. The van der Waals surface area contributed by atoms with Gasteiger partial charge < -0.3 is 6.42 Å². The summed E-state index contributed by atoms with van der Waals surface area (Å²) in [6, 6.07) is 0. The molecule has 0 saturated carbocycles. The Bertz CT molecular complexity index is 6.85. The maximum Gasteiger partial charge on any atom is 1.00 e. The summed E-state index contributed by atoms with van der Waals surface area (Å²) in [5, 5.41) is 0. The second kappa shape index (κ2) is 19.4. The maximum atomic E-state index is 2.00. The molecule has 1 radical (unpaired) electrons. The van der Waals surface area contributed by atoms with E-state index >= 15 is 0 Å². The van der Waals surface area contributed by atoms with E-state index in [-0.39, 0.29) is 35.9 Å². The van der Waals surface area contributed by atoms with E-state index in [0.29, 0.717) is 0 Å². The van der Waals surface area contributed by atoms with Gasteiger partial charge in [0.25, 0.3) is 0 Å². The van der Waals surface area contributed by atoms with Crippen LogP contribution >= 0.6 is 0 Å². The van der Waals surface area contributed by atoms with Crippen molar-refractivity contribution in [3.63, 3.8) is 0 Å². The maximum absolute atomic E-state index is 2.00. The average molecular weight is 114 g/mol. The summed E-state index contributed by atoms with van der Waals surface area (Å²) in [5.41, 5.74) is 0. The molecule has 5 heavy (non-hydrogen) atoms. The van der Waals surface area contributed by atoms with Crippen LogP contribution in [-0.2, 0) is 17.1 Å². The van der Waals surface area contributed by atoms with Gasteiger partial charge in [-0.15, -0.1) is 0 Å². The Morgan fingerprint density at radius 2 is 1.20 bits per heavy atom. The smallest absolute Gasteiger partial charge is 0.335 e. The van der Waals surface area contributed by atoms with Crippen LogP contribution in [0.3, 0.4) is 0 Å². The zero-order valence-electron chi connectivity index (χ0n) is 3.88. The van der Waals surface area contributed by atoms with Crippen molar-refractivity contribution in [3.05, 3.63) is 6.42 Å². The predicted molar refractivity (Wildman–Crippen MR) is 21.4 cm³/mol. The first-order chi connectivity index (χ1) is 1.41. The summed E-state index contributed by atoms with van der Waals surface area (Å²) < 4.78 is 0. The molecule has 31 valence electrons. The zero-order valence-corrected chi connectivity index (χ0v) is 4.82. The molecule has 0 aliphatic carbocycles. The van der Waals surface area contributed by atoms with Gasteiger partial charge in [0, 0.05) is 18.9 Å². The summed E-state index contributed by atoms with van der Waals surface area (Å²) in [5.74, 6) is 0. The Kier molecular flexibility index (Phi) is 63.8. The third-order valence-corrected chi connectivity index (χ3v) is 0. The SMILES string of the molecule is C[CH-]C.[Cu+].[Li]. The molecule has 0 rings (SSSR count). The first-order valence-corrected chi connectivity index (χ1v) is 1.15. The average Bonchev–Trinajstić information content (AvgIpc) is 0.918. The normalized spacial score (nSPS) is 3.60. The van der Waals surface area contributed by atoms with Gasteiger partial charge in [-0.25, -0.2) is 0 Å². The van der Waals surface area contributed by atoms with Crippen molar-refractivity contribution < 1.29 is 17.1 Å². The van der Waals surface area contributed by atoms with Crippen molar-refractivity contribution >= 4 is 18.9 Å². The second-order valence-corrected chi connectivity index (χ2v) is 0.577. The van der Waals surface area contributed by atoms with E-state index in [4.69, 9.17) is 0 Å². The Morgan fingerprint density at radius 3 is 1.20 bits per heavy atom. The molecule has 0 heterocycles. The fourth-order valence-electron chi connectivity index (χ4n) is 0. The minimum absolute atomic E-state index is 0. The van der Waals surface area contributed by atoms with Gasteiger partial charge in [0.15, 0.2) is 0 Å². The van der Waals surface area contributed by atoms with Crippen molar-refractivity contribution in [2.75, 3.05) is 0 Å². The molecule has 0 aliphatic heterocycles. The van der Waals surface area contributed by atoms with E-state index in [1.807, 2.05) is 20.3 Å². The van der Waals surface area contributed by atoms with Crippen molar-refractivity contribution in [1.29, 1.82) is 0 Å². The number of hydrogen-bond acceptors (Lipinski definition) is 0. The van der Waals surface area contributed by atoms with Crippen molar-refractivity contribution in [2.45, 2.75) is 13.8 Å². The molecule has 2 heteroatoms. The molecule has 0 aromatic carbocycles. The van der Waals surface area contributed by atoms with Crippen molar-refractivity contribution in [1.82, 2.24) is 0 Å². The molecule has 0 aromatic rings. The van der Waals surface area contributed by atoms with Gasteiger partial charge >= 0.3 is 17.1 Å². The molecule has 0 bridgehead atoms. The molecule has 0 nitrogen and oxygen atoms in total. The summed E-state index contributed by atoms with van der Waals surface area (Å²) in [6.07, 6.45) is 2.00. The van der Waals surface area contributed by atoms with Crippen LogP contribution in [0.15, 0.2) is 0 Å². The minimum Gasteiger partial charge on any atom is -0.335 e. The molecule has 0 fully saturated rings. The minimum atomic E-state index is 0. The van der Waals surface area contributed by atoms with Crippen LogP contribution in [0.4, 0.5) is 0 Å². The van der Waals surface area contributed by atoms with Crippen LogP contribution < -0.4 is 0 Å². The molecule has 0 amide bonds. The molecular weight excluding hydrogens is 107 g/mol. The number of rotatable bonds is 0. The van der Waals surface area contributed by atoms with E-state index in [9.17, 15) is 0 Å². The Hall–Kier alpha value is 1.12. The van der Waals surface area contributed by atoms with Gasteiger partial charge in [-0.05, 0) is 0 Å². The van der Waals surface area contributed by atoms with E-state index < -0.39 is 0 Å². The predicted octanol–water partition coefficient (Wildman–Crippen LogP) is 0.847. The Labute approximate surface area is 56.4 Å². The summed E-state index contributed by atoms with van der Waals surface area (Å²) in [6.45, 7) is 4.00. The molecule has 0 unspecified atom stereocenters. The van der Waals surface area contributed by atoms with Gasteiger partial charge in [0.05, 0.1) is 0 Å². The largest absolute Gasteiger partial charge is 1.00 e. The number of hydrogen-bond donors (Lipinski definition) is 0. The standard InChI is InChI=1S/C3H7.Cu.Li/c1-3-2;;/h3H,1-2H3;;/q-1;+1;. The molecule has 0 spiro atoms. The van der Waals surface area contributed by atoms with E-state index in [0.717, 1.165) is 0 Å². The molecule has 0 saturated heterocycles. The first-order valence-electron chi connectivity index (χ1n) is 1.15. The fourth-order valence-corrected chi connectivity index (χ4v) is 0. The van der Waals surface area contributed by atoms with Gasteiger partial charge in [-0.2, -0.15) is 13.8 Å². The van der Waals surface area contributed by atoms with Gasteiger partial charge in [0.2, 0.25) is 0 Å². The fraction of sp³-hybridized carbons (Fsp3) is 0.667. The van der Waals surface area contributed by atoms with Gasteiger partial charge in [0.1, 0.15) is 0 Å². The second-order valence-electron chi connectivity index (χ2n) is 0.577. The van der Waals surface area contributed by atoms with Gasteiger partial charge in [-0.3, -0.25) is 0 Å². The van der Waals surface area contributed by atoms with E-state index in [1.165, 1.54) is 0 Å². The van der Waals surface area contributed by atoms with Crippen molar-refractivity contribution in [3.8, 4) is 0 Å². The summed E-state index contributed by atoms with van der Waals surface area (Å²) in [7, 11) is 0. The summed E-state index contributed by atoms with van der Waals surface area (Å²) in [4.78, 5) is 0. The molecular formula is C3H7CuLi. The third-order valence-electron chi connectivity index (χ3n) is 0. The molecule has 0 aromatic heterocycles. The molecule has 0 aliphatic rings. The van der Waals surface area contributed by atoms with Crippen LogP contribution in [0.25, 0.3) is 0 Å². The quantitative estimate of drug-likeness (QED) is 0.323.